The molecule has 0 amide bonds. The molecule has 0 bridgehead atoms. The lowest BCUT2D eigenvalue weighted by molar-refractivity contribution is -0.164. The molecule has 0 fully saturated rings. The van der Waals surface area contributed by atoms with Crippen molar-refractivity contribution in [2.45, 2.75) is 65.3 Å². The van der Waals surface area contributed by atoms with Crippen LogP contribution in [-0.2, 0) is 21.6 Å². The van der Waals surface area contributed by atoms with E-state index < -0.39 is 40.3 Å². The first-order chi connectivity index (χ1) is 18.2. The molecular formula is C26H30FN5O6S. The number of methoxy groups -OCH3 is 1. The fraction of sp³-hybridized carbons (Fsp3) is 0.423. The van der Waals surface area contributed by atoms with Crippen molar-refractivity contribution in [3.8, 4) is 10.8 Å². The second-order valence-electron chi connectivity index (χ2n) is 10.5. The van der Waals surface area contributed by atoms with Crippen molar-refractivity contribution in [2.75, 3.05) is 7.11 Å². The third kappa shape index (κ3) is 5.11. The average Bonchev–Trinajstić information content (AvgIpc) is 3.48. The normalized spacial score (nSPS) is 13.1. The molecule has 3 heterocycles. The number of esters is 1. The lowest BCUT2D eigenvalue weighted by Gasteiger charge is -2.30. The molecule has 0 saturated carbocycles. The highest BCUT2D eigenvalue weighted by Crippen LogP contribution is 2.33. The summed E-state index contributed by atoms with van der Waals surface area (Å²) < 4.78 is 26.9. The first kappa shape index (κ1) is 28.2. The van der Waals surface area contributed by atoms with Gasteiger partial charge in [0.1, 0.15) is 38.6 Å². The summed E-state index contributed by atoms with van der Waals surface area (Å²) in [4.78, 5) is 42.6. The van der Waals surface area contributed by atoms with Gasteiger partial charge >= 0.3 is 11.7 Å². The molecule has 0 saturated heterocycles. The molecule has 0 radical (unpaired) electrons. The highest BCUT2D eigenvalue weighted by molar-refractivity contribution is 7.21. The number of aliphatic hydroxyl groups excluding tert-OH is 1. The van der Waals surface area contributed by atoms with Crippen LogP contribution in [0.4, 0.5) is 4.39 Å². The van der Waals surface area contributed by atoms with Crippen LogP contribution >= 0.6 is 11.3 Å². The number of thiophene rings is 1. The zero-order valence-electron chi connectivity index (χ0n) is 22.7. The summed E-state index contributed by atoms with van der Waals surface area (Å²) in [6.45, 7) is 9.20. The highest BCUT2D eigenvalue weighted by atomic mass is 32.1. The number of ether oxygens (including phenoxy) is 2. The number of carbonyl (C=O) groups excluding carboxylic acids is 1. The number of fused-ring (bicyclic) bond motifs is 1. The smallest absolute Gasteiger partial charge is 0.333 e. The number of carbonyl (C=O) groups is 1. The number of rotatable bonds is 7. The molecule has 4 aromatic rings. The Morgan fingerprint density at radius 3 is 2.38 bits per heavy atom. The summed E-state index contributed by atoms with van der Waals surface area (Å²) in [7, 11) is 1.38. The van der Waals surface area contributed by atoms with Crippen molar-refractivity contribution < 1.29 is 23.8 Å². The topological polar surface area (TPSA) is 130 Å². The summed E-state index contributed by atoms with van der Waals surface area (Å²) in [5.74, 6) is -1.16. The van der Waals surface area contributed by atoms with E-state index in [-0.39, 0.29) is 28.1 Å². The molecule has 1 N–H and O–H groups in total. The zero-order valence-corrected chi connectivity index (χ0v) is 23.5. The largest absolute Gasteiger partial charge is 0.496 e. The standard InChI is InChI=1S/C26H30FN5O6S/c1-14-19-20(34)31(26(5,6)23(35)38-25(2,3)4)24(36)30(22(19)39-21(14)32-28-10-11-29-32)13-17(33)16-12-15(27)8-9-18(16)37-7/h8-12,17,33H,13H2,1-7H3. The lowest BCUT2D eigenvalue weighted by atomic mass is 10.0. The predicted molar refractivity (Wildman–Crippen MR) is 143 cm³/mol. The van der Waals surface area contributed by atoms with E-state index in [1.54, 1.807) is 27.7 Å². The van der Waals surface area contributed by atoms with Gasteiger partial charge in [-0.25, -0.2) is 18.5 Å². The van der Waals surface area contributed by atoms with Crippen molar-refractivity contribution in [1.82, 2.24) is 24.1 Å². The van der Waals surface area contributed by atoms with Crippen LogP contribution in [-0.4, -0.2) is 47.9 Å². The van der Waals surface area contributed by atoms with Crippen molar-refractivity contribution >= 4 is 27.5 Å². The van der Waals surface area contributed by atoms with E-state index in [4.69, 9.17) is 9.47 Å². The van der Waals surface area contributed by atoms with Gasteiger partial charge in [0.2, 0.25) is 0 Å². The summed E-state index contributed by atoms with van der Waals surface area (Å²) in [6.07, 6.45) is 1.54. The van der Waals surface area contributed by atoms with E-state index in [0.717, 1.165) is 22.0 Å². The maximum atomic E-state index is 14.1. The minimum Gasteiger partial charge on any atom is -0.496 e. The first-order valence-electron chi connectivity index (χ1n) is 12.1. The van der Waals surface area contributed by atoms with Crippen molar-refractivity contribution in [1.29, 1.82) is 0 Å². The van der Waals surface area contributed by atoms with Crippen LogP contribution in [0.3, 0.4) is 0 Å². The van der Waals surface area contributed by atoms with Gasteiger partial charge in [-0.2, -0.15) is 10.2 Å². The van der Waals surface area contributed by atoms with Gasteiger partial charge < -0.3 is 14.6 Å². The van der Waals surface area contributed by atoms with E-state index in [2.05, 4.69) is 10.2 Å². The highest BCUT2D eigenvalue weighted by Gasteiger charge is 2.39. The van der Waals surface area contributed by atoms with Gasteiger partial charge in [-0.3, -0.25) is 9.36 Å². The molecule has 4 rings (SSSR count). The van der Waals surface area contributed by atoms with E-state index >= 15 is 0 Å². The number of aryl methyl sites for hydroxylation is 1. The van der Waals surface area contributed by atoms with Gasteiger partial charge in [-0.05, 0) is 59.7 Å². The van der Waals surface area contributed by atoms with E-state index in [1.165, 1.54) is 54.8 Å². The number of halogens is 1. The Kier molecular flexibility index (Phi) is 7.25. The molecule has 13 heteroatoms. The van der Waals surface area contributed by atoms with Crippen LogP contribution in [0, 0.1) is 12.7 Å². The zero-order chi connectivity index (χ0) is 28.9. The van der Waals surface area contributed by atoms with Gasteiger partial charge in [0, 0.05) is 11.1 Å². The quantitative estimate of drug-likeness (QED) is 0.342. The van der Waals surface area contributed by atoms with Crippen LogP contribution in [0.15, 0.2) is 40.2 Å². The molecule has 3 aromatic heterocycles. The number of hydrogen-bond donors (Lipinski definition) is 1. The maximum absolute atomic E-state index is 14.1. The van der Waals surface area contributed by atoms with Crippen LogP contribution in [0.2, 0.25) is 0 Å². The first-order valence-corrected chi connectivity index (χ1v) is 12.9. The summed E-state index contributed by atoms with van der Waals surface area (Å²) >= 11 is 1.08. The van der Waals surface area contributed by atoms with Gasteiger partial charge in [0.15, 0.2) is 0 Å². The Morgan fingerprint density at radius 2 is 1.79 bits per heavy atom. The third-order valence-corrected chi connectivity index (χ3v) is 7.43. The van der Waals surface area contributed by atoms with Gasteiger partial charge in [0.05, 0.1) is 31.4 Å². The minimum absolute atomic E-state index is 0.115. The molecule has 0 aliphatic heterocycles. The van der Waals surface area contributed by atoms with Gasteiger partial charge in [0.25, 0.3) is 5.56 Å². The molecule has 0 spiro atoms. The SMILES string of the molecule is COc1ccc(F)cc1C(O)Cn1c(=O)n(C(C)(C)C(=O)OC(C)(C)C)c(=O)c2c(C)c(-n3nccn3)sc21. The molecule has 1 unspecified atom stereocenters. The van der Waals surface area contributed by atoms with Crippen LogP contribution in [0.1, 0.15) is 51.8 Å². The van der Waals surface area contributed by atoms with E-state index in [9.17, 15) is 23.9 Å². The van der Waals surface area contributed by atoms with Crippen LogP contribution in [0.5, 0.6) is 5.75 Å². The molecule has 11 nitrogen and oxygen atoms in total. The second kappa shape index (κ2) is 10.0. The predicted octanol–water partition coefficient (Wildman–Crippen LogP) is 3.07. The Labute approximate surface area is 227 Å². The summed E-state index contributed by atoms with van der Waals surface area (Å²) in [5.41, 5.74) is -3.54. The average molecular weight is 560 g/mol. The van der Waals surface area contributed by atoms with E-state index in [0.29, 0.717) is 10.6 Å². The molecule has 39 heavy (non-hydrogen) atoms. The number of hydrogen-bond acceptors (Lipinski definition) is 9. The van der Waals surface area contributed by atoms with E-state index in [1.807, 2.05) is 0 Å². The van der Waals surface area contributed by atoms with Crippen molar-refractivity contribution in [3.63, 3.8) is 0 Å². The Morgan fingerprint density at radius 1 is 1.15 bits per heavy atom. The molecular weight excluding hydrogens is 529 g/mol. The number of aromatic nitrogens is 5. The van der Waals surface area contributed by atoms with Crippen LogP contribution in [0.25, 0.3) is 15.2 Å². The summed E-state index contributed by atoms with van der Waals surface area (Å²) in [6, 6.07) is 3.68. The van der Waals surface area contributed by atoms with Crippen molar-refractivity contribution in [2.24, 2.45) is 0 Å². The molecule has 0 aliphatic rings. The minimum atomic E-state index is -1.71. The fourth-order valence-electron chi connectivity index (χ4n) is 4.23. The Balaban J connectivity index is 2.01. The summed E-state index contributed by atoms with van der Waals surface area (Å²) in [5, 5.41) is 20.1. The Hall–Kier alpha value is -3.84. The number of benzene rings is 1. The molecule has 1 aromatic carbocycles. The van der Waals surface area contributed by atoms with Gasteiger partial charge in [-0.1, -0.05) is 11.3 Å². The fourth-order valence-corrected chi connectivity index (χ4v) is 5.45. The molecule has 1 atom stereocenters. The Bertz CT molecular complexity index is 1660. The van der Waals surface area contributed by atoms with Crippen LogP contribution < -0.4 is 16.0 Å². The third-order valence-electron chi connectivity index (χ3n) is 6.15. The molecule has 208 valence electrons. The second-order valence-corrected chi connectivity index (χ2v) is 11.5. The monoisotopic (exact) mass is 559 g/mol. The number of nitrogens with zero attached hydrogens (tertiary/aromatic N) is 5. The lowest BCUT2D eigenvalue weighted by Crippen LogP contribution is -2.54. The number of aliphatic hydroxyl groups is 1. The van der Waals surface area contributed by atoms with Gasteiger partial charge in [-0.15, -0.1) is 4.80 Å². The maximum Gasteiger partial charge on any atom is 0.333 e. The van der Waals surface area contributed by atoms with Crippen molar-refractivity contribution in [3.05, 3.63) is 68.4 Å². The molecule has 0 aliphatic carbocycles.